The maximum Gasteiger partial charge on any atom is 0.0175 e. The summed E-state index contributed by atoms with van der Waals surface area (Å²) < 4.78 is 1.17. The Hall–Kier alpha value is -0.340. The molecule has 1 aromatic rings. The molecule has 1 aliphatic rings. The van der Waals surface area contributed by atoms with Crippen molar-refractivity contribution in [3.63, 3.8) is 0 Å². The van der Waals surface area contributed by atoms with Gasteiger partial charge in [0.25, 0.3) is 0 Å². The van der Waals surface area contributed by atoms with Gasteiger partial charge in [-0.3, -0.25) is 0 Å². The number of benzene rings is 1. The first-order chi connectivity index (χ1) is 7.28. The van der Waals surface area contributed by atoms with Crippen LogP contribution in [0.2, 0.25) is 0 Å². The third-order valence-electron chi connectivity index (χ3n) is 3.39. The maximum atomic E-state index is 3.47. The van der Waals surface area contributed by atoms with Crippen molar-refractivity contribution in [1.82, 2.24) is 5.32 Å². The van der Waals surface area contributed by atoms with Gasteiger partial charge in [0.15, 0.2) is 0 Å². The summed E-state index contributed by atoms with van der Waals surface area (Å²) in [7, 11) is 2.08. The highest BCUT2D eigenvalue weighted by atomic mass is 79.9. The molecule has 1 N–H and O–H groups in total. The highest BCUT2D eigenvalue weighted by Gasteiger charge is 2.23. The standard InChI is InChI=1S/C13H18BrN/c1-15-13-7-4-11(9-13)8-10-2-5-12(14)6-3-10/h2-3,5-6,11,13,15H,4,7-9H2,1H3. The second kappa shape index (κ2) is 5.13. The molecule has 0 aromatic heterocycles. The van der Waals surface area contributed by atoms with Crippen LogP contribution in [0.3, 0.4) is 0 Å². The van der Waals surface area contributed by atoms with Crippen molar-refractivity contribution in [2.24, 2.45) is 5.92 Å². The van der Waals surface area contributed by atoms with Crippen molar-refractivity contribution in [3.8, 4) is 0 Å². The second-order valence-electron chi connectivity index (χ2n) is 4.50. The van der Waals surface area contributed by atoms with E-state index in [-0.39, 0.29) is 0 Å². The summed E-state index contributed by atoms with van der Waals surface area (Å²) in [6.45, 7) is 0. The second-order valence-corrected chi connectivity index (χ2v) is 5.41. The third-order valence-corrected chi connectivity index (χ3v) is 3.92. The molecule has 1 aromatic carbocycles. The van der Waals surface area contributed by atoms with E-state index >= 15 is 0 Å². The first kappa shape index (κ1) is 11.2. The van der Waals surface area contributed by atoms with Gasteiger partial charge in [-0.15, -0.1) is 0 Å². The monoisotopic (exact) mass is 267 g/mol. The fraction of sp³-hybridized carbons (Fsp3) is 0.538. The summed E-state index contributed by atoms with van der Waals surface area (Å²) in [5.74, 6) is 0.878. The van der Waals surface area contributed by atoms with Crippen LogP contribution >= 0.6 is 15.9 Å². The molecular formula is C13H18BrN. The molecule has 0 heterocycles. The van der Waals surface area contributed by atoms with E-state index in [4.69, 9.17) is 0 Å². The average molecular weight is 268 g/mol. The van der Waals surface area contributed by atoms with Crippen LogP contribution in [0.4, 0.5) is 0 Å². The van der Waals surface area contributed by atoms with Crippen molar-refractivity contribution in [2.45, 2.75) is 31.7 Å². The van der Waals surface area contributed by atoms with Crippen LogP contribution in [0, 0.1) is 5.92 Å². The number of hydrogen-bond acceptors (Lipinski definition) is 1. The van der Waals surface area contributed by atoms with E-state index in [0.717, 1.165) is 12.0 Å². The van der Waals surface area contributed by atoms with Crippen molar-refractivity contribution in [2.75, 3.05) is 7.05 Å². The topological polar surface area (TPSA) is 12.0 Å². The highest BCUT2D eigenvalue weighted by molar-refractivity contribution is 9.10. The van der Waals surface area contributed by atoms with E-state index in [9.17, 15) is 0 Å². The molecule has 0 amide bonds. The Bertz CT molecular complexity index is 307. The Labute approximate surface area is 100 Å². The largest absolute Gasteiger partial charge is 0.317 e. The molecule has 0 aliphatic heterocycles. The molecule has 2 atom stereocenters. The Morgan fingerprint density at radius 2 is 2.00 bits per heavy atom. The van der Waals surface area contributed by atoms with Gasteiger partial charge in [-0.05, 0) is 56.3 Å². The smallest absolute Gasteiger partial charge is 0.0175 e. The lowest BCUT2D eigenvalue weighted by Crippen LogP contribution is -2.21. The first-order valence-electron chi connectivity index (χ1n) is 5.69. The van der Waals surface area contributed by atoms with E-state index in [1.165, 1.54) is 35.7 Å². The summed E-state index contributed by atoms with van der Waals surface area (Å²) in [6, 6.07) is 9.50. The van der Waals surface area contributed by atoms with Gasteiger partial charge in [0, 0.05) is 10.5 Å². The van der Waals surface area contributed by atoms with Crippen molar-refractivity contribution >= 4 is 15.9 Å². The molecule has 2 unspecified atom stereocenters. The van der Waals surface area contributed by atoms with Gasteiger partial charge in [0.05, 0.1) is 0 Å². The van der Waals surface area contributed by atoms with Crippen LogP contribution in [0.15, 0.2) is 28.7 Å². The van der Waals surface area contributed by atoms with Crippen LogP contribution in [0.1, 0.15) is 24.8 Å². The predicted octanol–water partition coefficient (Wildman–Crippen LogP) is 3.38. The van der Waals surface area contributed by atoms with Gasteiger partial charge in [-0.1, -0.05) is 28.1 Å². The molecule has 0 radical (unpaired) electrons. The van der Waals surface area contributed by atoms with E-state index in [1.54, 1.807) is 0 Å². The average Bonchev–Trinajstić information content (AvgIpc) is 2.69. The lowest BCUT2D eigenvalue weighted by Gasteiger charge is -2.10. The minimum absolute atomic E-state index is 0.755. The zero-order valence-electron chi connectivity index (χ0n) is 9.17. The highest BCUT2D eigenvalue weighted by Crippen LogP contribution is 2.28. The molecule has 1 nitrogen and oxygen atoms in total. The SMILES string of the molecule is CNC1CCC(Cc2ccc(Br)cc2)C1. The summed E-state index contributed by atoms with van der Waals surface area (Å²) >= 11 is 3.47. The molecule has 0 bridgehead atoms. The lowest BCUT2D eigenvalue weighted by molar-refractivity contribution is 0.510. The summed E-state index contributed by atoms with van der Waals surface area (Å²) in [5, 5.41) is 3.38. The van der Waals surface area contributed by atoms with E-state index in [0.29, 0.717) is 0 Å². The number of hydrogen-bond donors (Lipinski definition) is 1. The number of nitrogens with one attached hydrogen (secondary N) is 1. The molecule has 15 heavy (non-hydrogen) atoms. The van der Waals surface area contributed by atoms with Crippen molar-refractivity contribution < 1.29 is 0 Å². The van der Waals surface area contributed by atoms with Gasteiger partial charge in [0.2, 0.25) is 0 Å². The van der Waals surface area contributed by atoms with E-state index in [2.05, 4.69) is 52.6 Å². The summed E-state index contributed by atoms with van der Waals surface area (Å²) in [4.78, 5) is 0. The Balaban J connectivity index is 1.90. The van der Waals surface area contributed by atoms with Crippen LogP contribution < -0.4 is 5.32 Å². The molecule has 0 spiro atoms. The zero-order chi connectivity index (χ0) is 10.7. The third kappa shape index (κ3) is 3.05. The Morgan fingerprint density at radius 3 is 2.60 bits per heavy atom. The minimum Gasteiger partial charge on any atom is -0.317 e. The molecule has 2 rings (SSSR count). The fourth-order valence-corrected chi connectivity index (χ4v) is 2.74. The van der Waals surface area contributed by atoms with Gasteiger partial charge in [-0.2, -0.15) is 0 Å². The molecular weight excluding hydrogens is 250 g/mol. The van der Waals surface area contributed by atoms with Gasteiger partial charge >= 0.3 is 0 Å². The number of rotatable bonds is 3. The van der Waals surface area contributed by atoms with Crippen LogP contribution in [0.5, 0.6) is 0 Å². The summed E-state index contributed by atoms with van der Waals surface area (Å²) in [5.41, 5.74) is 1.47. The Kier molecular flexibility index (Phi) is 3.81. The van der Waals surface area contributed by atoms with Gasteiger partial charge in [-0.25, -0.2) is 0 Å². The van der Waals surface area contributed by atoms with Crippen LogP contribution in [-0.4, -0.2) is 13.1 Å². The zero-order valence-corrected chi connectivity index (χ0v) is 10.8. The van der Waals surface area contributed by atoms with Gasteiger partial charge in [0.1, 0.15) is 0 Å². The maximum absolute atomic E-state index is 3.47. The Morgan fingerprint density at radius 1 is 1.27 bits per heavy atom. The van der Waals surface area contributed by atoms with Gasteiger partial charge < -0.3 is 5.32 Å². The molecule has 0 saturated heterocycles. The van der Waals surface area contributed by atoms with Crippen molar-refractivity contribution in [3.05, 3.63) is 34.3 Å². The molecule has 1 saturated carbocycles. The normalized spacial score (nSPS) is 25.7. The van der Waals surface area contributed by atoms with Crippen molar-refractivity contribution in [1.29, 1.82) is 0 Å². The minimum atomic E-state index is 0.755. The van der Waals surface area contributed by atoms with Crippen LogP contribution in [-0.2, 0) is 6.42 Å². The molecule has 2 heteroatoms. The first-order valence-corrected chi connectivity index (χ1v) is 6.49. The lowest BCUT2D eigenvalue weighted by atomic mass is 9.98. The fourth-order valence-electron chi connectivity index (χ4n) is 2.48. The summed E-state index contributed by atoms with van der Waals surface area (Å²) in [6.07, 6.45) is 5.30. The molecule has 1 aliphatic carbocycles. The van der Waals surface area contributed by atoms with E-state index in [1.807, 2.05) is 0 Å². The van der Waals surface area contributed by atoms with Crippen LogP contribution in [0.25, 0.3) is 0 Å². The molecule has 82 valence electrons. The predicted molar refractivity (Wildman–Crippen MR) is 68.0 cm³/mol. The number of halogens is 1. The molecule has 1 fully saturated rings. The quantitative estimate of drug-likeness (QED) is 0.886. The van der Waals surface area contributed by atoms with E-state index < -0.39 is 0 Å².